The zero-order valence-electron chi connectivity index (χ0n) is 11.8. The van der Waals surface area contributed by atoms with Crippen LogP contribution in [-0.4, -0.2) is 25.2 Å². The number of rotatable bonds is 6. The predicted molar refractivity (Wildman–Crippen MR) is 87.5 cm³/mol. The molecule has 0 spiro atoms. The number of hydrogen-bond acceptors (Lipinski definition) is 3. The van der Waals surface area contributed by atoms with E-state index in [4.69, 9.17) is 22.7 Å². The Hall–Kier alpha value is -2.14. The molecular weight excluding hydrogens is 287 g/mol. The lowest BCUT2D eigenvalue weighted by Gasteiger charge is -2.20. The van der Waals surface area contributed by atoms with Crippen LogP contribution in [0.4, 0.5) is 10.1 Å². The minimum absolute atomic E-state index is 0.247. The van der Waals surface area contributed by atoms with Crippen LogP contribution < -0.4 is 15.4 Å². The number of nitrogens with zero attached hydrogens (tertiary/aromatic N) is 1. The minimum atomic E-state index is -0.247. The highest BCUT2D eigenvalue weighted by molar-refractivity contribution is 7.80. The summed E-state index contributed by atoms with van der Waals surface area (Å²) in [6.07, 6.45) is 0. The summed E-state index contributed by atoms with van der Waals surface area (Å²) in [4.78, 5) is 2.10. The van der Waals surface area contributed by atoms with Crippen LogP contribution in [0.1, 0.15) is 5.56 Å². The molecule has 2 rings (SSSR count). The highest BCUT2D eigenvalue weighted by atomic mass is 32.1. The van der Waals surface area contributed by atoms with Gasteiger partial charge in [-0.05, 0) is 24.3 Å². The van der Waals surface area contributed by atoms with Crippen molar-refractivity contribution in [1.82, 2.24) is 0 Å². The number of anilines is 1. The van der Waals surface area contributed by atoms with Crippen molar-refractivity contribution in [2.75, 3.05) is 25.1 Å². The Labute approximate surface area is 129 Å². The van der Waals surface area contributed by atoms with Gasteiger partial charge in [-0.1, -0.05) is 36.5 Å². The van der Waals surface area contributed by atoms with Crippen molar-refractivity contribution in [3.05, 3.63) is 59.9 Å². The van der Waals surface area contributed by atoms with Crippen molar-refractivity contribution in [2.45, 2.75) is 0 Å². The summed E-state index contributed by atoms with van der Waals surface area (Å²) < 4.78 is 19.3. The first-order valence-corrected chi connectivity index (χ1v) is 6.97. The van der Waals surface area contributed by atoms with Crippen molar-refractivity contribution >= 4 is 22.9 Å². The summed E-state index contributed by atoms with van der Waals surface area (Å²) in [5.74, 6) is 0.399. The molecule has 2 aromatic carbocycles. The molecule has 2 aromatic rings. The van der Waals surface area contributed by atoms with Gasteiger partial charge in [0, 0.05) is 7.05 Å². The number of benzene rings is 2. The molecule has 0 bridgehead atoms. The molecule has 0 unspecified atom stereocenters. The highest BCUT2D eigenvalue weighted by Crippen LogP contribution is 2.19. The molecule has 0 amide bonds. The number of likely N-dealkylation sites (N-methyl/N-ethyl adjacent to an activating group) is 1. The summed E-state index contributed by atoms with van der Waals surface area (Å²) in [7, 11) is 1.82. The van der Waals surface area contributed by atoms with E-state index in [-0.39, 0.29) is 5.82 Å². The molecule has 0 heterocycles. The highest BCUT2D eigenvalue weighted by Gasteiger charge is 2.08. The lowest BCUT2D eigenvalue weighted by atomic mass is 10.2. The van der Waals surface area contributed by atoms with E-state index in [0.717, 1.165) is 0 Å². The SMILES string of the molecule is CN(CCOc1ccccc1C(N)=S)c1ccccc1F. The van der Waals surface area contributed by atoms with Crippen LogP contribution in [0, 0.1) is 5.82 Å². The van der Waals surface area contributed by atoms with E-state index >= 15 is 0 Å². The van der Waals surface area contributed by atoms with Crippen molar-refractivity contribution in [3.8, 4) is 5.75 Å². The van der Waals surface area contributed by atoms with Gasteiger partial charge in [0.05, 0.1) is 17.8 Å². The zero-order valence-corrected chi connectivity index (χ0v) is 12.6. The quantitative estimate of drug-likeness (QED) is 0.833. The molecule has 21 heavy (non-hydrogen) atoms. The summed E-state index contributed by atoms with van der Waals surface area (Å²) >= 11 is 4.98. The Morgan fingerprint density at radius 3 is 2.57 bits per heavy atom. The average Bonchev–Trinajstić information content (AvgIpc) is 2.48. The summed E-state index contributed by atoms with van der Waals surface area (Å²) in [5, 5.41) is 0. The molecule has 110 valence electrons. The fraction of sp³-hybridized carbons (Fsp3) is 0.188. The van der Waals surface area contributed by atoms with E-state index in [1.165, 1.54) is 6.07 Å². The van der Waals surface area contributed by atoms with E-state index in [9.17, 15) is 4.39 Å². The molecule has 0 atom stereocenters. The van der Waals surface area contributed by atoms with Gasteiger partial charge in [-0.3, -0.25) is 0 Å². The number of nitrogens with two attached hydrogens (primary N) is 1. The maximum absolute atomic E-state index is 13.6. The summed E-state index contributed by atoms with van der Waals surface area (Å²) in [6.45, 7) is 0.955. The van der Waals surface area contributed by atoms with Gasteiger partial charge >= 0.3 is 0 Å². The summed E-state index contributed by atoms with van der Waals surface area (Å²) in [5.41, 5.74) is 6.90. The van der Waals surface area contributed by atoms with Gasteiger partial charge in [-0.25, -0.2) is 4.39 Å². The molecular formula is C16H17FN2OS. The molecule has 3 nitrogen and oxygen atoms in total. The van der Waals surface area contributed by atoms with Crippen molar-refractivity contribution in [2.24, 2.45) is 5.73 Å². The normalized spacial score (nSPS) is 10.2. The molecule has 0 aliphatic carbocycles. The fourth-order valence-corrected chi connectivity index (χ4v) is 2.14. The molecule has 0 aromatic heterocycles. The first-order chi connectivity index (χ1) is 10.1. The Morgan fingerprint density at radius 1 is 1.19 bits per heavy atom. The topological polar surface area (TPSA) is 38.5 Å². The van der Waals surface area contributed by atoms with Crippen LogP contribution in [0.5, 0.6) is 5.75 Å². The van der Waals surface area contributed by atoms with Gasteiger partial charge in [-0.2, -0.15) is 0 Å². The van der Waals surface area contributed by atoms with Gasteiger partial charge in [0.25, 0.3) is 0 Å². The molecule has 0 fully saturated rings. The third kappa shape index (κ3) is 3.92. The third-order valence-corrected chi connectivity index (χ3v) is 3.32. The first-order valence-electron chi connectivity index (χ1n) is 6.57. The second-order valence-electron chi connectivity index (χ2n) is 4.58. The van der Waals surface area contributed by atoms with E-state index in [1.54, 1.807) is 23.1 Å². The smallest absolute Gasteiger partial charge is 0.146 e. The monoisotopic (exact) mass is 304 g/mol. The predicted octanol–water partition coefficient (Wildman–Crippen LogP) is 2.98. The Balaban J connectivity index is 1.96. The summed E-state index contributed by atoms with van der Waals surface area (Å²) in [6, 6.07) is 14.0. The van der Waals surface area contributed by atoms with Crippen LogP contribution in [0.2, 0.25) is 0 Å². The lowest BCUT2D eigenvalue weighted by molar-refractivity contribution is 0.325. The Kier molecular flexibility index (Phi) is 5.11. The zero-order chi connectivity index (χ0) is 15.2. The molecule has 2 N–H and O–H groups in total. The number of thiocarbonyl (C=S) groups is 1. The second-order valence-corrected chi connectivity index (χ2v) is 5.02. The maximum atomic E-state index is 13.6. The minimum Gasteiger partial charge on any atom is -0.491 e. The van der Waals surface area contributed by atoms with Gasteiger partial charge in [0.2, 0.25) is 0 Å². The van der Waals surface area contributed by atoms with Crippen molar-refractivity contribution < 1.29 is 9.13 Å². The van der Waals surface area contributed by atoms with Gasteiger partial charge in [-0.15, -0.1) is 0 Å². The van der Waals surface area contributed by atoms with E-state index in [2.05, 4.69) is 0 Å². The third-order valence-electron chi connectivity index (χ3n) is 3.10. The van der Waals surface area contributed by atoms with Crippen molar-refractivity contribution in [3.63, 3.8) is 0 Å². The van der Waals surface area contributed by atoms with Gasteiger partial charge in [0.1, 0.15) is 23.2 Å². The van der Waals surface area contributed by atoms with Gasteiger partial charge in [0.15, 0.2) is 0 Å². The molecule has 0 aliphatic rings. The van der Waals surface area contributed by atoms with E-state index < -0.39 is 0 Å². The van der Waals surface area contributed by atoms with Crippen LogP contribution in [0.25, 0.3) is 0 Å². The fourth-order valence-electron chi connectivity index (χ4n) is 1.97. The Bertz CT molecular complexity index is 633. The van der Waals surface area contributed by atoms with E-state index in [1.807, 2.05) is 31.3 Å². The first kappa shape index (κ1) is 15.3. The van der Waals surface area contributed by atoms with Gasteiger partial charge < -0.3 is 15.4 Å². The van der Waals surface area contributed by atoms with Crippen LogP contribution >= 0.6 is 12.2 Å². The lowest BCUT2D eigenvalue weighted by Crippen LogP contribution is -2.25. The number of halogens is 1. The van der Waals surface area contributed by atoms with Crippen LogP contribution in [0.15, 0.2) is 48.5 Å². The standard InChI is InChI=1S/C16H17FN2OS/c1-19(14-8-4-3-7-13(14)17)10-11-20-15-9-5-2-6-12(15)16(18)21/h2-9H,10-11H2,1H3,(H2,18,21). The average molecular weight is 304 g/mol. The maximum Gasteiger partial charge on any atom is 0.146 e. The van der Waals surface area contributed by atoms with Crippen LogP contribution in [0.3, 0.4) is 0 Å². The molecule has 0 saturated carbocycles. The molecule has 0 radical (unpaired) electrons. The molecule has 0 aliphatic heterocycles. The molecule has 0 saturated heterocycles. The second kappa shape index (κ2) is 7.04. The number of hydrogen-bond donors (Lipinski definition) is 1. The largest absolute Gasteiger partial charge is 0.491 e. The Morgan fingerprint density at radius 2 is 1.86 bits per heavy atom. The number of ether oxygens (including phenoxy) is 1. The van der Waals surface area contributed by atoms with E-state index in [0.29, 0.717) is 35.1 Å². The van der Waals surface area contributed by atoms with Crippen LogP contribution in [-0.2, 0) is 0 Å². The van der Waals surface area contributed by atoms with Crippen molar-refractivity contribution in [1.29, 1.82) is 0 Å². The number of para-hydroxylation sites is 2. The molecule has 5 heteroatoms.